The molecule has 8 nitrogen and oxygen atoms in total. The Morgan fingerprint density at radius 3 is 2.33 bits per heavy atom. The van der Waals surface area contributed by atoms with Gasteiger partial charge in [0, 0.05) is 26.2 Å². The first-order valence-electron chi connectivity index (χ1n) is 6.97. The van der Waals surface area contributed by atoms with Crippen molar-refractivity contribution in [2.75, 3.05) is 44.2 Å². The summed E-state index contributed by atoms with van der Waals surface area (Å²) >= 11 is 0. The van der Waals surface area contributed by atoms with E-state index in [2.05, 4.69) is 10.0 Å². The minimum Gasteiger partial charge on any atom is -0.339 e. The van der Waals surface area contributed by atoms with Crippen molar-refractivity contribution in [1.29, 1.82) is 0 Å². The molecule has 122 valence electrons. The molecule has 2 aliphatic heterocycles. The number of hydrogen-bond donors (Lipinski definition) is 2. The molecule has 2 saturated heterocycles. The third-order valence-corrected chi connectivity index (χ3v) is 7.45. The zero-order valence-electron chi connectivity index (χ0n) is 11.7. The number of carbonyl (C=O) groups excluding carboxylic acids is 1. The third kappa shape index (κ3) is 4.63. The van der Waals surface area contributed by atoms with Gasteiger partial charge in [-0.1, -0.05) is 0 Å². The van der Waals surface area contributed by atoms with Crippen molar-refractivity contribution in [3.63, 3.8) is 0 Å². The average Bonchev–Trinajstić information content (AvgIpc) is 2.45. The van der Waals surface area contributed by atoms with Crippen LogP contribution in [0.2, 0.25) is 0 Å². The zero-order valence-corrected chi connectivity index (χ0v) is 13.4. The Balaban J connectivity index is 1.85. The molecule has 0 atom stereocenters. The SMILES string of the molecule is O=C(CNS(=O)(=O)C1CCS(=O)(=O)CC1)N1CCNCC1. The van der Waals surface area contributed by atoms with Crippen molar-refractivity contribution in [3.05, 3.63) is 0 Å². The second-order valence-corrected chi connectivity index (χ2v) is 9.70. The lowest BCUT2D eigenvalue weighted by Gasteiger charge is -2.28. The van der Waals surface area contributed by atoms with E-state index in [4.69, 9.17) is 0 Å². The summed E-state index contributed by atoms with van der Waals surface area (Å²) in [6, 6.07) is 0. The highest BCUT2D eigenvalue weighted by molar-refractivity contribution is 7.92. The monoisotopic (exact) mass is 339 g/mol. The Hall–Kier alpha value is -0.710. The van der Waals surface area contributed by atoms with Gasteiger partial charge in [0.2, 0.25) is 15.9 Å². The molecule has 0 radical (unpaired) electrons. The molecule has 1 amide bonds. The fourth-order valence-corrected chi connectivity index (χ4v) is 5.69. The topological polar surface area (TPSA) is 113 Å². The van der Waals surface area contributed by atoms with Gasteiger partial charge in [-0.3, -0.25) is 4.79 Å². The molecule has 2 fully saturated rings. The molecular formula is C11H21N3O5S2. The van der Waals surface area contributed by atoms with E-state index in [0.717, 1.165) is 0 Å². The first-order valence-corrected chi connectivity index (χ1v) is 10.3. The summed E-state index contributed by atoms with van der Waals surface area (Å²) in [6.45, 7) is 2.30. The van der Waals surface area contributed by atoms with Gasteiger partial charge < -0.3 is 10.2 Å². The van der Waals surface area contributed by atoms with Crippen LogP contribution in [0.4, 0.5) is 0 Å². The minimum absolute atomic E-state index is 0.0967. The fourth-order valence-electron chi connectivity index (χ4n) is 2.48. The summed E-state index contributed by atoms with van der Waals surface area (Å²) in [7, 11) is -6.74. The van der Waals surface area contributed by atoms with Crippen LogP contribution in [0.25, 0.3) is 0 Å². The largest absolute Gasteiger partial charge is 0.339 e. The number of nitrogens with zero attached hydrogens (tertiary/aromatic N) is 1. The van der Waals surface area contributed by atoms with E-state index in [9.17, 15) is 21.6 Å². The summed E-state index contributed by atoms with van der Waals surface area (Å²) < 4.78 is 49.1. The van der Waals surface area contributed by atoms with E-state index in [1.807, 2.05) is 0 Å². The maximum atomic E-state index is 12.1. The summed E-state index contributed by atoms with van der Waals surface area (Å²) in [5.41, 5.74) is 0. The van der Waals surface area contributed by atoms with E-state index in [0.29, 0.717) is 26.2 Å². The maximum absolute atomic E-state index is 12.1. The van der Waals surface area contributed by atoms with Crippen molar-refractivity contribution in [1.82, 2.24) is 14.9 Å². The zero-order chi connectivity index (χ0) is 15.5. The molecule has 2 N–H and O–H groups in total. The number of sulfonamides is 1. The van der Waals surface area contributed by atoms with Crippen LogP contribution in [0.5, 0.6) is 0 Å². The van der Waals surface area contributed by atoms with E-state index in [1.54, 1.807) is 4.90 Å². The standard InChI is InChI=1S/C11H21N3O5S2/c15-11(14-5-3-12-4-6-14)9-13-21(18,19)10-1-7-20(16,17)8-2-10/h10,12-13H,1-9H2. The highest BCUT2D eigenvalue weighted by atomic mass is 32.2. The van der Waals surface area contributed by atoms with Gasteiger partial charge in [-0.05, 0) is 12.8 Å². The lowest BCUT2D eigenvalue weighted by Crippen LogP contribution is -2.50. The molecule has 0 spiro atoms. The first-order chi connectivity index (χ1) is 9.80. The number of amides is 1. The Morgan fingerprint density at radius 1 is 1.19 bits per heavy atom. The molecule has 21 heavy (non-hydrogen) atoms. The van der Waals surface area contributed by atoms with Crippen LogP contribution >= 0.6 is 0 Å². The van der Waals surface area contributed by atoms with Crippen molar-refractivity contribution in [2.45, 2.75) is 18.1 Å². The highest BCUT2D eigenvalue weighted by Crippen LogP contribution is 2.18. The number of sulfone groups is 1. The number of carbonyl (C=O) groups is 1. The Labute approximate surface area is 125 Å². The van der Waals surface area contributed by atoms with E-state index < -0.39 is 25.1 Å². The van der Waals surface area contributed by atoms with Gasteiger partial charge in [0.25, 0.3) is 0 Å². The maximum Gasteiger partial charge on any atom is 0.237 e. The van der Waals surface area contributed by atoms with Crippen LogP contribution in [0.1, 0.15) is 12.8 Å². The number of nitrogens with one attached hydrogen (secondary N) is 2. The van der Waals surface area contributed by atoms with Crippen molar-refractivity contribution < 1.29 is 21.6 Å². The van der Waals surface area contributed by atoms with Crippen molar-refractivity contribution in [3.8, 4) is 0 Å². The van der Waals surface area contributed by atoms with Gasteiger partial charge >= 0.3 is 0 Å². The van der Waals surface area contributed by atoms with Gasteiger partial charge in [-0.25, -0.2) is 21.6 Å². The molecule has 0 aliphatic carbocycles. The number of rotatable bonds is 4. The van der Waals surface area contributed by atoms with Gasteiger partial charge in [-0.15, -0.1) is 0 Å². The normalized spacial score (nSPS) is 23.9. The summed E-state index contributed by atoms with van der Waals surface area (Å²) in [6.07, 6.45) is 0.193. The quantitative estimate of drug-likeness (QED) is 0.608. The highest BCUT2D eigenvalue weighted by Gasteiger charge is 2.33. The van der Waals surface area contributed by atoms with Crippen LogP contribution in [0.15, 0.2) is 0 Å². The first kappa shape index (κ1) is 16.7. The molecule has 2 heterocycles. The van der Waals surface area contributed by atoms with E-state index in [-0.39, 0.29) is 36.8 Å². The Kier molecular flexibility index (Phi) is 5.23. The van der Waals surface area contributed by atoms with Gasteiger partial charge in [-0.2, -0.15) is 0 Å². The lowest BCUT2D eigenvalue weighted by molar-refractivity contribution is -0.130. The predicted octanol–water partition coefficient (Wildman–Crippen LogP) is -2.09. The van der Waals surface area contributed by atoms with Gasteiger partial charge in [0.05, 0.1) is 23.3 Å². The van der Waals surface area contributed by atoms with Gasteiger partial charge in [0.1, 0.15) is 9.84 Å². The molecule has 0 saturated carbocycles. The van der Waals surface area contributed by atoms with E-state index in [1.165, 1.54) is 0 Å². The van der Waals surface area contributed by atoms with E-state index >= 15 is 0 Å². The summed E-state index contributed by atoms with van der Waals surface area (Å²) in [4.78, 5) is 13.5. The minimum atomic E-state index is -3.64. The lowest BCUT2D eigenvalue weighted by atomic mass is 10.2. The number of hydrogen-bond acceptors (Lipinski definition) is 6. The number of piperazine rings is 1. The smallest absolute Gasteiger partial charge is 0.237 e. The molecule has 0 aromatic carbocycles. The van der Waals surface area contributed by atoms with Crippen LogP contribution < -0.4 is 10.0 Å². The third-order valence-electron chi connectivity index (χ3n) is 3.83. The predicted molar refractivity (Wildman–Crippen MR) is 78.0 cm³/mol. The summed E-state index contributed by atoms with van der Waals surface area (Å²) in [5, 5.41) is 2.39. The van der Waals surface area contributed by atoms with Crippen LogP contribution in [-0.2, 0) is 24.7 Å². The molecule has 0 bridgehead atoms. The fraction of sp³-hybridized carbons (Fsp3) is 0.909. The van der Waals surface area contributed by atoms with Crippen LogP contribution in [0.3, 0.4) is 0 Å². The molecule has 0 aromatic heterocycles. The molecule has 2 aliphatic rings. The summed E-state index contributed by atoms with van der Waals surface area (Å²) in [5.74, 6) is -0.460. The second-order valence-electron chi connectivity index (χ2n) is 5.35. The molecule has 2 rings (SSSR count). The molecule has 10 heteroatoms. The van der Waals surface area contributed by atoms with Crippen molar-refractivity contribution >= 4 is 25.8 Å². The molecule has 0 unspecified atom stereocenters. The van der Waals surface area contributed by atoms with Crippen LogP contribution in [0, 0.1) is 0 Å². The second kappa shape index (κ2) is 6.59. The molecular weight excluding hydrogens is 318 g/mol. The van der Waals surface area contributed by atoms with Crippen molar-refractivity contribution in [2.24, 2.45) is 0 Å². The Morgan fingerprint density at radius 2 is 1.76 bits per heavy atom. The van der Waals surface area contributed by atoms with Crippen LogP contribution in [-0.4, -0.2) is 77.1 Å². The Bertz CT molecular complexity index is 567. The van der Waals surface area contributed by atoms with Gasteiger partial charge in [0.15, 0.2) is 0 Å². The molecule has 0 aromatic rings. The average molecular weight is 339 g/mol.